The fourth-order valence-electron chi connectivity index (χ4n) is 1.02. The van der Waals surface area contributed by atoms with E-state index in [4.69, 9.17) is 9.47 Å². The Kier molecular flexibility index (Phi) is 7.48. The highest BCUT2D eigenvalue weighted by molar-refractivity contribution is 5.69. The summed E-state index contributed by atoms with van der Waals surface area (Å²) in [6.45, 7) is 9.17. The van der Waals surface area contributed by atoms with Crippen LogP contribution in [-0.2, 0) is 14.3 Å². The molecule has 0 bridgehead atoms. The van der Waals surface area contributed by atoms with Gasteiger partial charge in [0.15, 0.2) is 0 Å². The molecule has 0 saturated carbocycles. The smallest absolute Gasteiger partial charge is 0.308 e. The first-order chi connectivity index (χ1) is 6.56. The minimum Gasteiger partial charge on any atom is -0.466 e. The zero-order valence-electron chi connectivity index (χ0n) is 9.71. The van der Waals surface area contributed by atoms with Crippen LogP contribution in [0.5, 0.6) is 0 Å². The van der Waals surface area contributed by atoms with Gasteiger partial charge < -0.3 is 9.47 Å². The van der Waals surface area contributed by atoms with Crippen molar-refractivity contribution in [3.8, 4) is 0 Å². The van der Waals surface area contributed by atoms with Crippen LogP contribution < -0.4 is 0 Å². The first-order valence-electron chi connectivity index (χ1n) is 5.33. The number of carbonyl (C=O) groups is 1. The molecule has 0 amide bonds. The van der Waals surface area contributed by atoms with Crippen molar-refractivity contribution in [2.75, 3.05) is 13.2 Å². The van der Waals surface area contributed by atoms with Crippen molar-refractivity contribution < 1.29 is 14.3 Å². The number of hydrogen-bond acceptors (Lipinski definition) is 3. The van der Waals surface area contributed by atoms with Gasteiger partial charge in [-0.1, -0.05) is 13.8 Å². The summed E-state index contributed by atoms with van der Waals surface area (Å²) in [5.41, 5.74) is 0. The van der Waals surface area contributed by atoms with E-state index in [-0.39, 0.29) is 12.1 Å². The van der Waals surface area contributed by atoms with E-state index in [1.54, 1.807) is 0 Å². The molecule has 0 aliphatic carbocycles. The molecule has 0 spiro atoms. The highest BCUT2D eigenvalue weighted by Crippen LogP contribution is 2.04. The first kappa shape index (κ1) is 13.4. The van der Waals surface area contributed by atoms with Gasteiger partial charge in [-0.2, -0.15) is 0 Å². The molecule has 14 heavy (non-hydrogen) atoms. The van der Waals surface area contributed by atoms with Crippen LogP contribution >= 0.6 is 0 Å². The summed E-state index contributed by atoms with van der Waals surface area (Å²) in [5, 5.41) is 0. The Balaban J connectivity index is 3.44. The lowest BCUT2D eigenvalue weighted by Crippen LogP contribution is -2.17. The molecule has 0 aromatic heterocycles. The molecule has 0 saturated heterocycles. The van der Waals surface area contributed by atoms with Gasteiger partial charge in [-0.25, -0.2) is 0 Å². The standard InChI is InChI=1S/C11H22O3/c1-5-13-11(12)8-10(4)14-7-6-9(2)3/h9-10H,5-8H2,1-4H3. The second-order valence-corrected chi connectivity index (χ2v) is 3.87. The SMILES string of the molecule is CCOC(=O)CC(C)OCCC(C)C. The molecule has 0 N–H and O–H groups in total. The number of hydrogen-bond donors (Lipinski definition) is 0. The predicted octanol–water partition coefficient (Wildman–Crippen LogP) is 2.39. The van der Waals surface area contributed by atoms with Crippen molar-refractivity contribution in [1.82, 2.24) is 0 Å². The van der Waals surface area contributed by atoms with E-state index in [9.17, 15) is 4.79 Å². The molecule has 0 heterocycles. The fraction of sp³-hybridized carbons (Fsp3) is 0.909. The van der Waals surface area contributed by atoms with Crippen LogP contribution in [0.25, 0.3) is 0 Å². The lowest BCUT2D eigenvalue weighted by Gasteiger charge is -2.13. The van der Waals surface area contributed by atoms with Gasteiger partial charge in [0.05, 0.1) is 19.1 Å². The second kappa shape index (κ2) is 7.80. The molecule has 0 aliphatic heterocycles. The minimum absolute atomic E-state index is 0.0344. The summed E-state index contributed by atoms with van der Waals surface area (Å²) in [7, 11) is 0. The fourth-order valence-corrected chi connectivity index (χ4v) is 1.02. The van der Waals surface area contributed by atoms with Gasteiger partial charge in [-0.3, -0.25) is 4.79 Å². The molecule has 0 aliphatic rings. The quantitative estimate of drug-likeness (QED) is 0.595. The summed E-state index contributed by atoms with van der Waals surface area (Å²) in [6.07, 6.45) is 1.35. The Hall–Kier alpha value is -0.570. The van der Waals surface area contributed by atoms with Gasteiger partial charge in [-0.15, -0.1) is 0 Å². The van der Waals surface area contributed by atoms with Crippen LogP contribution in [-0.4, -0.2) is 25.3 Å². The maximum atomic E-state index is 11.0. The van der Waals surface area contributed by atoms with Gasteiger partial charge in [0.25, 0.3) is 0 Å². The van der Waals surface area contributed by atoms with Crippen molar-refractivity contribution in [3.05, 3.63) is 0 Å². The van der Waals surface area contributed by atoms with Gasteiger partial charge in [0.1, 0.15) is 0 Å². The molecule has 0 rings (SSSR count). The van der Waals surface area contributed by atoms with Crippen LogP contribution in [0.4, 0.5) is 0 Å². The largest absolute Gasteiger partial charge is 0.466 e. The van der Waals surface area contributed by atoms with Crippen LogP contribution in [0.2, 0.25) is 0 Å². The molecule has 0 radical (unpaired) electrons. The van der Waals surface area contributed by atoms with Gasteiger partial charge >= 0.3 is 5.97 Å². The highest BCUT2D eigenvalue weighted by atomic mass is 16.5. The maximum Gasteiger partial charge on any atom is 0.308 e. The summed E-state index contributed by atoms with van der Waals surface area (Å²) in [6, 6.07) is 0. The molecule has 1 unspecified atom stereocenters. The summed E-state index contributed by atoms with van der Waals surface area (Å²) in [4.78, 5) is 11.0. The number of carbonyl (C=O) groups excluding carboxylic acids is 1. The van der Waals surface area contributed by atoms with E-state index < -0.39 is 0 Å². The van der Waals surface area contributed by atoms with Crippen LogP contribution in [0.15, 0.2) is 0 Å². The van der Waals surface area contributed by atoms with E-state index >= 15 is 0 Å². The molecule has 84 valence electrons. The van der Waals surface area contributed by atoms with Crippen molar-refractivity contribution in [2.24, 2.45) is 5.92 Å². The van der Waals surface area contributed by atoms with E-state index in [1.807, 2.05) is 13.8 Å². The Morgan fingerprint density at radius 2 is 1.93 bits per heavy atom. The molecule has 0 fully saturated rings. The first-order valence-corrected chi connectivity index (χ1v) is 5.33. The van der Waals surface area contributed by atoms with E-state index in [0.717, 1.165) is 13.0 Å². The molecular formula is C11H22O3. The Bertz CT molecular complexity index is 155. The maximum absolute atomic E-state index is 11.0. The van der Waals surface area contributed by atoms with E-state index in [2.05, 4.69) is 13.8 Å². The monoisotopic (exact) mass is 202 g/mol. The molecule has 3 heteroatoms. The van der Waals surface area contributed by atoms with Crippen molar-refractivity contribution >= 4 is 5.97 Å². The second-order valence-electron chi connectivity index (χ2n) is 3.87. The third-order valence-electron chi connectivity index (χ3n) is 1.86. The van der Waals surface area contributed by atoms with E-state index in [0.29, 0.717) is 18.9 Å². The van der Waals surface area contributed by atoms with Crippen molar-refractivity contribution in [1.29, 1.82) is 0 Å². The molecule has 1 atom stereocenters. The van der Waals surface area contributed by atoms with Crippen LogP contribution in [0, 0.1) is 5.92 Å². The zero-order chi connectivity index (χ0) is 11.0. The molecule has 0 aromatic carbocycles. The highest BCUT2D eigenvalue weighted by Gasteiger charge is 2.09. The summed E-state index contributed by atoms with van der Waals surface area (Å²) < 4.78 is 10.3. The van der Waals surface area contributed by atoms with Gasteiger partial charge in [0, 0.05) is 6.61 Å². The van der Waals surface area contributed by atoms with Crippen molar-refractivity contribution in [2.45, 2.75) is 46.6 Å². The number of rotatable bonds is 7. The van der Waals surface area contributed by atoms with Gasteiger partial charge in [-0.05, 0) is 26.2 Å². The predicted molar refractivity (Wildman–Crippen MR) is 56.1 cm³/mol. The average molecular weight is 202 g/mol. The number of ether oxygens (including phenoxy) is 2. The third kappa shape index (κ3) is 8.05. The summed E-state index contributed by atoms with van der Waals surface area (Å²) >= 11 is 0. The minimum atomic E-state index is -0.176. The topological polar surface area (TPSA) is 35.5 Å². The van der Waals surface area contributed by atoms with Crippen LogP contribution in [0.1, 0.15) is 40.5 Å². The zero-order valence-corrected chi connectivity index (χ0v) is 9.71. The van der Waals surface area contributed by atoms with Crippen LogP contribution in [0.3, 0.4) is 0 Å². The van der Waals surface area contributed by atoms with Crippen molar-refractivity contribution in [3.63, 3.8) is 0 Å². The normalized spacial score (nSPS) is 12.9. The Morgan fingerprint density at radius 3 is 2.43 bits per heavy atom. The molecular weight excluding hydrogens is 180 g/mol. The Labute approximate surface area is 86.8 Å². The third-order valence-corrected chi connectivity index (χ3v) is 1.86. The average Bonchev–Trinajstić information content (AvgIpc) is 2.03. The lowest BCUT2D eigenvalue weighted by molar-refractivity contribution is -0.146. The molecule has 3 nitrogen and oxygen atoms in total. The molecule has 0 aromatic rings. The summed E-state index contributed by atoms with van der Waals surface area (Å²) in [5.74, 6) is 0.467. The van der Waals surface area contributed by atoms with Gasteiger partial charge in [0.2, 0.25) is 0 Å². The number of esters is 1. The Morgan fingerprint density at radius 1 is 1.29 bits per heavy atom. The lowest BCUT2D eigenvalue weighted by atomic mass is 10.1. The van der Waals surface area contributed by atoms with E-state index in [1.165, 1.54) is 0 Å².